The number of aromatic nitrogens is 2. The maximum atomic E-state index is 13.7. The number of carbonyl (C=O) groups excluding carboxylic acids is 1. The fraction of sp³-hybridized carbons (Fsp3) is 0.250. The molecule has 1 N–H and O–H groups in total. The number of hydrogen-bond donors (Lipinski definition) is 1. The summed E-state index contributed by atoms with van der Waals surface area (Å²) in [6, 6.07) is 10.4. The van der Waals surface area contributed by atoms with Crippen molar-refractivity contribution in [2.24, 2.45) is 0 Å². The van der Waals surface area contributed by atoms with E-state index in [1.807, 2.05) is 12.1 Å². The summed E-state index contributed by atoms with van der Waals surface area (Å²) in [4.78, 5) is 16.7. The van der Waals surface area contributed by atoms with Gasteiger partial charge in [0.05, 0.1) is 12.8 Å². The van der Waals surface area contributed by atoms with Gasteiger partial charge in [-0.2, -0.15) is 4.98 Å². The lowest BCUT2D eigenvalue weighted by atomic mass is 10.1. The van der Waals surface area contributed by atoms with Crippen molar-refractivity contribution in [2.75, 3.05) is 5.32 Å². The Hall–Kier alpha value is -3.09. The minimum atomic E-state index is -0.739. The van der Waals surface area contributed by atoms with Gasteiger partial charge in [0, 0.05) is 17.7 Å². The Kier molecular flexibility index (Phi) is 4.66. The summed E-state index contributed by atoms with van der Waals surface area (Å²) in [6.07, 6.45) is 2.38. The molecule has 0 atom stereocenters. The van der Waals surface area contributed by atoms with Crippen molar-refractivity contribution in [2.45, 2.75) is 31.6 Å². The molecule has 1 aliphatic rings. The fourth-order valence-electron chi connectivity index (χ4n) is 2.84. The number of hydrogen-bond acceptors (Lipinski definition) is 4. The molecule has 1 saturated carbocycles. The van der Waals surface area contributed by atoms with E-state index in [0.717, 1.165) is 36.4 Å². The zero-order chi connectivity index (χ0) is 18.8. The Labute approximate surface area is 154 Å². The Morgan fingerprint density at radius 2 is 1.96 bits per heavy atom. The van der Waals surface area contributed by atoms with Gasteiger partial charge in [-0.25, -0.2) is 8.78 Å². The van der Waals surface area contributed by atoms with Crippen LogP contribution in [-0.2, 0) is 17.6 Å². The van der Waals surface area contributed by atoms with Crippen LogP contribution in [0.25, 0.3) is 0 Å². The second-order valence-electron chi connectivity index (χ2n) is 6.62. The second kappa shape index (κ2) is 7.26. The number of para-hydroxylation sites is 1. The van der Waals surface area contributed by atoms with Gasteiger partial charge in [0.15, 0.2) is 5.82 Å². The van der Waals surface area contributed by atoms with Crippen LogP contribution in [0.1, 0.15) is 41.6 Å². The molecule has 0 aliphatic heterocycles. The number of anilines is 1. The molecule has 4 rings (SSSR count). The maximum absolute atomic E-state index is 13.7. The lowest BCUT2D eigenvalue weighted by Gasteiger charge is -2.10. The molecule has 1 aliphatic carbocycles. The van der Waals surface area contributed by atoms with Crippen LogP contribution >= 0.6 is 0 Å². The molecule has 1 fully saturated rings. The zero-order valence-corrected chi connectivity index (χ0v) is 14.4. The van der Waals surface area contributed by atoms with Crippen molar-refractivity contribution >= 4 is 11.6 Å². The van der Waals surface area contributed by atoms with Crippen LogP contribution < -0.4 is 5.32 Å². The summed E-state index contributed by atoms with van der Waals surface area (Å²) < 4.78 is 32.0. The SMILES string of the molecule is O=C(Cc1ccc(F)cc1F)Nc1ccccc1Cc1nc(C2CC2)no1. The third-order valence-corrected chi connectivity index (χ3v) is 4.43. The summed E-state index contributed by atoms with van der Waals surface area (Å²) in [7, 11) is 0. The van der Waals surface area contributed by atoms with Crippen LogP contribution in [0, 0.1) is 11.6 Å². The van der Waals surface area contributed by atoms with Crippen LogP contribution in [0.5, 0.6) is 0 Å². The van der Waals surface area contributed by atoms with Gasteiger partial charge in [-0.1, -0.05) is 29.4 Å². The van der Waals surface area contributed by atoms with Crippen LogP contribution in [-0.4, -0.2) is 16.0 Å². The van der Waals surface area contributed by atoms with E-state index in [0.29, 0.717) is 23.9 Å². The molecule has 3 aromatic rings. The van der Waals surface area contributed by atoms with Gasteiger partial charge in [-0.15, -0.1) is 0 Å². The number of amides is 1. The highest BCUT2D eigenvalue weighted by Gasteiger charge is 2.28. The molecule has 138 valence electrons. The van der Waals surface area contributed by atoms with E-state index in [1.165, 1.54) is 6.07 Å². The highest BCUT2D eigenvalue weighted by atomic mass is 19.1. The van der Waals surface area contributed by atoms with Crippen molar-refractivity contribution in [1.82, 2.24) is 10.1 Å². The molecule has 0 bridgehead atoms. The Balaban J connectivity index is 1.46. The average molecular weight is 369 g/mol. The van der Waals surface area contributed by atoms with E-state index in [2.05, 4.69) is 15.5 Å². The molecular weight excluding hydrogens is 352 g/mol. The summed E-state index contributed by atoms with van der Waals surface area (Å²) in [5.41, 5.74) is 1.55. The first kappa shape index (κ1) is 17.3. The zero-order valence-electron chi connectivity index (χ0n) is 14.4. The van der Waals surface area contributed by atoms with E-state index in [-0.39, 0.29) is 12.0 Å². The molecule has 5 nitrogen and oxygen atoms in total. The molecular formula is C20H17F2N3O2. The highest BCUT2D eigenvalue weighted by Crippen LogP contribution is 2.38. The first-order chi connectivity index (χ1) is 13.1. The van der Waals surface area contributed by atoms with Gasteiger partial charge in [0.2, 0.25) is 11.8 Å². The molecule has 0 saturated heterocycles. The first-order valence-electron chi connectivity index (χ1n) is 8.72. The van der Waals surface area contributed by atoms with Crippen molar-refractivity contribution in [3.05, 3.63) is 76.9 Å². The normalized spacial score (nSPS) is 13.6. The van der Waals surface area contributed by atoms with Crippen molar-refractivity contribution in [3.8, 4) is 0 Å². The molecule has 0 unspecified atom stereocenters. The van der Waals surface area contributed by atoms with E-state index < -0.39 is 17.5 Å². The Morgan fingerprint density at radius 1 is 1.15 bits per heavy atom. The third kappa shape index (κ3) is 4.19. The molecule has 1 aromatic heterocycles. The number of halogens is 2. The predicted molar refractivity (Wildman–Crippen MR) is 94.2 cm³/mol. The van der Waals surface area contributed by atoms with Crippen LogP contribution in [0.2, 0.25) is 0 Å². The molecule has 27 heavy (non-hydrogen) atoms. The van der Waals surface area contributed by atoms with E-state index >= 15 is 0 Å². The topological polar surface area (TPSA) is 68.0 Å². The predicted octanol–water partition coefficient (Wildman–Crippen LogP) is 4.00. The lowest BCUT2D eigenvalue weighted by Crippen LogP contribution is -2.16. The summed E-state index contributed by atoms with van der Waals surface area (Å²) in [5, 5.41) is 6.77. The van der Waals surface area contributed by atoms with Gasteiger partial charge in [0.1, 0.15) is 11.6 Å². The van der Waals surface area contributed by atoms with Gasteiger partial charge in [-0.3, -0.25) is 4.79 Å². The van der Waals surface area contributed by atoms with Gasteiger partial charge >= 0.3 is 0 Å². The molecule has 0 radical (unpaired) electrons. The van der Waals surface area contributed by atoms with Crippen molar-refractivity contribution < 1.29 is 18.1 Å². The van der Waals surface area contributed by atoms with E-state index in [1.54, 1.807) is 12.1 Å². The molecule has 7 heteroatoms. The Bertz CT molecular complexity index is 983. The highest BCUT2D eigenvalue weighted by molar-refractivity contribution is 5.93. The molecule has 1 heterocycles. The average Bonchev–Trinajstić information content (AvgIpc) is 3.39. The van der Waals surface area contributed by atoms with Crippen molar-refractivity contribution in [1.29, 1.82) is 0 Å². The summed E-state index contributed by atoms with van der Waals surface area (Å²) >= 11 is 0. The standard InChI is InChI=1S/C20H17F2N3O2/c21-15-8-7-13(16(22)11-15)9-18(26)23-17-4-2-1-3-14(17)10-19-24-20(25-27-19)12-5-6-12/h1-4,7-8,11-12H,5-6,9-10H2,(H,23,26). The minimum absolute atomic E-state index is 0.136. The quantitative estimate of drug-likeness (QED) is 0.713. The van der Waals surface area contributed by atoms with Gasteiger partial charge in [-0.05, 0) is 36.1 Å². The number of benzene rings is 2. The second-order valence-corrected chi connectivity index (χ2v) is 6.62. The van der Waals surface area contributed by atoms with E-state index in [4.69, 9.17) is 4.52 Å². The first-order valence-corrected chi connectivity index (χ1v) is 8.72. The number of nitrogens with one attached hydrogen (secondary N) is 1. The van der Waals surface area contributed by atoms with Gasteiger partial charge < -0.3 is 9.84 Å². The number of rotatable bonds is 6. The van der Waals surface area contributed by atoms with Gasteiger partial charge in [0.25, 0.3) is 0 Å². The smallest absolute Gasteiger partial charge is 0.231 e. The largest absolute Gasteiger partial charge is 0.339 e. The van der Waals surface area contributed by atoms with Crippen LogP contribution in [0.3, 0.4) is 0 Å². The third-order valence-electron chi connectivity index (χ3n) is 4.43. The number of carbonyl (C=O) groups is 1. The van der Waals surface area contributed by atoms with Crippen LogP contribution in [0.15, 0.2) is 47.0 Å². The monoisotopic (exact) mass is 369 g/mol. The van der Waals surface area contributed by atoms with Crippen LogP contribution in [0.4, 0.5) is 14.5 Å². The molecule has 1 amide bonds. The fourth-order valence-corrected chi connectivity index (χ4v) is 2.84. The Morgan fingerprint density at radius 3 is 2.74 bits per heavy atom. The lowest BCUT2D eigenvalue weighted by molar-refractivity contribution is -0.115. The maximum Gasteiger partial charge on any atom is 0.231 e. The molecule has 2 aromatic carbocycles. The molecule has 0 spiro atoms. The number of nitrogens with zero attached hydrogens (tertiary/aromatic N) is 2. The minimum Gasteiger partial charge on any atom is -0.339 e. The summed E-state index contributed by atoms with van der Waals surface area (Å²) in [6.45, 7) is 0. The van der Waals surface area contributed by atoms with Crippen molar-refractivity contribution in [3.63, 3.8) is 0 Å². The van der Waals surface area contributed by atoms with E-state index in [9.17, 15) is 13.6 Å². The summed E-state index contributed by atoms with van der Waals surface area (Å²) in [5.74, 6) is -0.175.